The second-order valence-corrected chi connectivity index (χ2v) is 7.05. The van der Waals surface area contributed by atoms with Crippen LogP contribution >= 0.6 is 0 Å². The first-order valence-corrected chi connectivity index (χ1v) is 11.1. The lowest BCUT2D eigenvalue weighted by Crippen LogP contribution is -2.11. The van der Waals surface area contributed by atoms with Gasteiger partial charge in [-0.3, -0.25) is 0 Å². The summed E-state index contributed by atoms with van der Waals surface area (Å²) >= 11 is 0. The van der Waals surface area contributed by atoms with Crippen molar-refractivity contribution in [2.75, 3.05) is 26.4 Å². The molecule has 0 aromatic rings. The molecule has 0 rings (SSSR count). The molecule has 5 nitrogen and oxygen atoms in total. The maximum atomic E-state index is 11.2. The van der Waals surface area contributed by atoms with Crippen LogP contribution in [0.1, 0.15) is 85.0 Å². The van der Waals surface area contributed by atoms with Gasteiger partial charge in [-0.1, -0.05) is 70.8 Å². The Labute approximate surface area is 156 Å². The van der Waals surface area contributed by atoms with Gasteiger partial charge in [0.1, 0.15) is 0 Å². The fourth-order valence-corrected chi connectivity index (χ4v) is 2.77. The first-order chi connectivity index (χ1) is 12.0. The highest BCUT2D eigenvalue weighted by Gasteiger charge is 2.09. The Morgan fingerprint density at radius 3 is 1.64 bits per heavy atom. The van der Waals surface area contributed by atoms with Gasteiger partial charge >= 0.3 is 10.4 Å². The summed E-state index contributed by atoms with van der Waals surface area (Å²) in [7, 11) is -3.83. The van der Waals surface area contributed by atoms with Crippen molar-refractivity contribution in [1.82, 2.24) is 0 Å². The van der Waals surface area contributed by atoms with Crippen molar-refractivity contribution in [3.05, 3.63) is 12.7 Å². The van der Waals surface area contributed by atoms with E-state index in [0.29, 0.717) is 0 Å². The van der Waals surface area contributed by atoms with Crippen LogP contribution in [0, 0.1) is 0 Å². The molecule has 0 unspecified atom stereocenters. The first-order valence-electron chi connectivity index (χ1n) is 9.76. The highest BCUT2D eigenvalue weighted by atomic mass is 32.3. The summed E-state index contributed by atoms with van der Waals surface area (Å²) in [5, 5.41) is 0. The van der Waals surface area contributed by atoms with Gasteiger partial charge in [-0.2, -0.15) is 8.42 Å². The molecule has 0 radical (unpaired) electrons. The number of unbranched alkanes of at least 4 members (excludes halogenated alkanes) is 9. The van der Waals surface area contributed by atoms with E-state index in [-0.39, 0.29) is 13.2 Å². The molecular weight excluding hydrogens is 340 g/mol. The molecule has 0 heterocycles. The molecular formula is C19H40O5S. The van der Waals surface area contributed by atoms with Gasteiger partial charge in [0.2, 0.25) is 0 Å². The monoisotopic (exact) mass is 380 g/mol. The van der Waals surface area contributed by atoms with Crippen molar-refractivity contribution in [1.29, 1.82) is 0 Å². The number of rotatable bonds is 17. The predicted molar refractivity (Wildman–Crippen MR) is 105 cm³/mol. The lowest BCUT2D eigenvalue weighted by atomic mass is 10.1. The van der Waals surface area contributed by atoms with Crippen molar-refractivity contribution >= 4 is 10.4 Å². The molecule has 25 heavy (non-hydrogen) atoms. The highest BCUT2D eigenvalue weighted by molar-refractivity contribution is 7.81. The van der Waals surface area contributed by atoms with Gasteiger partial charge in [0, 0.05) is 13.2 Å². The Kier molecular flexibility index (Phi) is 23.2. The van der Waals surface area contributed by atoms with Gasteiger partial charge in [0.05, 0.1) is 13.2 Å². The molecule has 0 saturated carbocycles. The molecule has 0 amide bonds. The third kappa shape index (κ3) is 25.9. The fourth-order valence-electron chi connectivity index (χ4n) is 2.12. The van der Waals surface area contributed by atoms with E-state index in [2.05, 4.69) is 17.7 Å². The molecule has 0 aliphatic carbocycles. The van der Waals surface area contributed by atoms with Crippen molar-refractivity contribution in [3.8, 4) is 0 Å². The third-order valence-electron chi connectivity index (χ3n) is 3.46. The van der Waals surface area contributed by atoms with Crippen molar-refractivity contribution in [2.24, 2.45) is 0 Å². The van der Waals surface area contributed by atoms with Crippen LogP contribution < -0.4 is 0 Å². The maximum absolute atomic E-state index is 11.2. The Bertz CT molecular complexity index is 353. The first kappa shape index (κ1) is 26.8. The lowest BCUT2D eigenvalue weighted by Gasteiger charge is -2.04. The molecule has 152 valence electrons. The normalized spacial score (nSPS) is 11.0. The zero-order valence-electron chi connectivity index (χ0n) is 16.6. The summed E-state index contributed by atoms with van der Waals surface area (Å²) in [5.41, 5.74) is 0. The van der Waals surface area contributed by atoms with E-state index >= 15 is 0 Å². The van der Waals surface area contributed by atoms with E-state index in [1.807, 2.05) is 13.8 Å². The Morgan fingerprint density at radius 1 is 0.760 bits per heavy atom. The fraction of sp³-hybridized carbons (Fsp3) is 0.895. The smallest absolute Gasteiger partial charge is 0.382 e. The van der Waals surface area contributed by atoms with Crippen molar-refractivity contribution in [3.63, 3.8) is 0 Å². The van der Waals surface area contributed by atoms with Crippen LogP contribution in [-0.4, -0.2) is 34.8 Å². The van der Waals surface area contributed by atoms with E-state index in [9.17, 15) is 8.42 Å². The molecule has 0 aromatic carbocycles. The lowest BCUT2D eigenvalue weighted by molar-refractivity contribution is 0.162. The minimum atomic E-state index is -3.83. The number of ether oxygens (including phenoxy) is 1. The largest absolute Gasteiger partial charge is 0.400 e. The van der Waals surface area contributed by atoms with E-state index < -0.39 is 10.4 Å². The zero-order chi connectivity index (χ0) is 19.2. The minimum absolute atomic E-state index is 0.0413. The van der Waals surface area contributed by atoms with E-state index in [1.165, 1.54) is 51.0 Å². The van der Waals surface area contributed by atoms with Crippen molar-refractivity contribution < 1.29 is 21.5 Å². The maximum Gasteiger partial charge on any atom is 0.400 e. The molecule has 0 spiro atoms. The zero-order valence-corrected chi connectivity index (χ0v) is 17.4. The molecule has 0 bridgehead atoms. The van der Waals surface area contributed by atoms with Gasteiger partial charge in [-0.25, -0.2) is 8.37 Å². The summed E-state index contributed by atoms with van der Waals surface area (Å²) in [6, 6.07) is 0. The van der Waals surface area contributed by atoms with Gasteiger partial charge < -0.3 is 4.74 Å². The van der Waals surface area contributed by atoms with Crippen LogP contribution in [0.3, 0.4) is 0 Å². The standard InChI is InChI=1S/C15H30O4S.C4H10O/c1-3-5-6-7-8-9-10-11-12-13-15-19-20(16,17)18-14-4-2;1-3-5-4-2/h4H,2-3,5-15H2,1H3;3-4H2,1-2H3. The van der Waals surface area contributed by atoms with Gasteiger partial charge in [0.15, 0.2) is 0 Å². The van der Waals surface area contributed by atoms with Gasteiger partial charge in [-0.05, 0) is 20.3 Å². The van der Waals surface area contributed by atoms with Crippen LogP contribution in [0.2, 0.25) is 0 Å². The second kappa shape index (κ2) is 21.6. The SMILES string of the molecule is C=CCOS(=O)(=O)OCCCCCCCCCCCC.CCOCC. The van der Waals surface area contributed by atoms with Crippen LogP contribution in [-0.2, 0) is 23.5 Å². The summed E-state index contributed by atoms with van der Waals surface area (Å²) in [5.74, 6) is 0. The summed E-state index contributed by atoms with van der Waals surface area (Å²) < 4.78 is 36.4. The molecule has 0 fully saturated rings. The van der Waals surface area contributed by atoms with Gasteiger partial charge in [0.25, 0.3) is 0 Å². The molecule has 0 aliphatic rings. The quantitative estimate of drug-likeness (QED) is 0.249. The third-order valence-corrected chi connectivity index (χ3v) is 4.34. The molecule has 0 aliphatic heterocycles. The Balaban J connectivity index is 0. The topological polar surface area (TPSA) is 61.8 Å². The molecule has 6 heteroatoms. The van der Waals surface area contributed by atoms with E-state index in [1.54, 1.807) is 0 Å². The molecule has 0 saturated heterocycles. The predicted octanol–water partition coefficient (Wildman–Crippen LogP) is 5.41. The van der Waals surface area contributed by atoms with Crippen LogP contribution in [0.4, 0.5) is 0 Å². The Morgan fingerprint density at radius 2 is 1.24 bits per heavy atom. The molecule has 0 aromatic heterocycles. The summed E-state index contributed by atoms with van der Waals surface area (Å²) in [6.07, 6.45) is 13.4. The minimum Gasteiger partial charge on any atom is -0.382 e. The number of hydrogen-bond donors (Lipinski definition) is 0. The molecule has 0 atom stereocenters. The average Bonchev–Trinajstić information content (AvgIpc) is 2.59. The van der Waals surface area contributed by atoms with Crippen LogP contribution in [0.25, 0.3) is 0 Å². The second-order valence-electron chi connectivity index (χ2n) is 5.77. The van der Waals surface area contributed by atoms with E-state index in [4.69, 9.17) is 8.92 Å². The summed E-state index contributed by atoms with van der Waals surface area (Å²) in [4.78, 5) is 0. The van der Waals surface area contributed by atoms with E-state index in [0.717, 1.165) is 32.5 Å². The van der Waals surface area contributed by atoms with Crippen molar-refractivity contribution in [2.45, 2.75) is 85.0 Å². The van der Waals surface area contributed by atoms with Crippen LogP contribution in [0.15, 0.2) is 12.7 Å². The van der Waals surface area contributed by atoms with Crippen LogP contribution in [0.5, 0.6) is 0 Å². The molecule has 0 N–H and O–H groups in total. The van der Waals surface area contributed by atoms with Gasteiger partial charge in [-0.15, -0.1) is 6.58 Å². The highest BCUT2D eigenvalue weighted by Crippen LogP contribution is 2.10. The average molecular weight is 381 g/mol. The summed E-state index contributed by atoms with van der Waals surface area (Å²) in [6.45, 7) is 11.4. The number of hydrogen-bond acceptors (Lipinski definition) is 5. The Hall–Kier alpha value is -0.430.